The van der Waals surface area contributed by atoms with Crippen LogP contribution in [0, 0.1) is 15.9 Å². The molecular weight excluding hydrogens is 379 g/mol. The molecule has 7 nitrogen and oxygen atoms in total. The quantitative estimate of drug-likeness (QED) is 0.422. The Morgan fingerprint density at radius 3 is 2.52 bits per heavy atom. The van der Waals surface area contributed by atoms with Crippen molar-refractivity contribution >= 4 is 29.2 Å². The molecule has 2 aromatic rings. The predicted octanol–water partition coefficient (Wildman–Crippen LogP) is 3.84. The second-order valence-corrected chi connectivity index (χ2v) is 6.01. The fourth-order valence-electron chi connectivity index (χ4n) is 2.39. The average molecular weight is 395 g/mol. The van der Waals surface area contributed by atoms with Gasteiger partial charge in [-0.2, -0.15) is 0 Å². The molecule has 9 heteroatoms. The molecule has 142 valence electrons. The smallest absolute Gasteiger partial charge is 0.338 e. The van der Waals surface area contributed by atoms with E-state index >= 15 is 0 Å². The molecule has 27 heavy (non-hydrogen) atoms. The molecule has 0 heterocycles. The van der Waals surface area contributed by atoms with Crippen molar-refractivity contribution in [1.82, 2.24) is 4.90 Å². The van der Waals surface area contributed by atoms with Gasteiger partial charge in [0, 0.05) is 41.9 Å². The SMILES string of the molecule is CCOC(=O)c1cc(C(=O)N(C)Cc2c(F)cccc2Cl)cc([N+](=O)[O-])c1. The summed E-state index contributed by atoms with van der Waals surface area (Å²) in [6.07, 6.45) is 0. The maximum absolute atomic E-state index is 13.9. The number of non-ortho nitro benzene ring substituents is 1. The van der Waals surface area contributed by atoms with Crippen LogP contribution in [-0.4, -0.2) is 35.4 Å². The third kappa shape index (κ3) is 4.79. The van der Waals surface area contributed by atoms with Gasteiger partial charge in [0.15, 0.2) is 0 Å². The van der Waals surface area contributed by atoms with Gasteiger partial charge in [0.2, 0.25) is 0 Å². The van der Waals surface area contributed by atoms with Crippen molar-refractivity contribution in [2.75, 3.05) is 13.7 Å². The van der Waals surface area contributed by atoms with Crippen LogP contribution in [0.4, 0.5) is 10.1 Å². The van der Waals surface area contributed by atoms with Gasteiger partial charge in [-0.05, 0) is 25.1 Å². The highest BCUT2D eigenvalue weighted by Crippen LogP contribution is 2.23. The van der Waals surface area contributed by atoms with Crippen molar-refractivity contribution in [3.05, 3.63) is 74.0 Å². The van der Waals surface area contributed by atoms with E-state index in [0.29, 0.717) is 0 Å². The first-order valence-corrected chi connectivity index (χ1v) is 8.27. The van der Waals surface area contributed by atoms with Crippen molar-refractivity contribution in [3.63, 3.8) is 0 Å². The van der Waals surface area contributed by atoms with Crippen LogP contribution in [0.3, 0.4) is 0 Å². The van der Waals surface area contributed by atoms with E-state index in [2.05, 4.69) is 0 Å². The Labute approximate surface area is 159 Å². The number of hydrogen-bond acceptors (Lipinski definition) is 5. The molecular formula is C18H16ClFN2O5. The van der Waals surface area contributed by atoms with E-state index in [9.17, 15) is 24.1 Å². The lowest BCUT2D eigenvalue weighted by molar-refractivity contribution is -0.384. The molecule has 0 saturated heterocycles. The van der Waals surface area contributed by atoms with Gasteiger partial charge < -0.3 is 9.64 Å². The number of halogens is 2. The number of nitrogens with zero attached hydrogens (tertiary/aromatic N) is 2. The molecule has 2 aromatic carbocycles. The standard InChI is InChI=1S/C18H16ClFN2O5/c1-3-27-18(24)12-7-11(8-13(9-12)22(25)26)17(23)21(2)10-14-15(19)5-4-6-16(14)20/h4-9H,3,10H2,1-2H3. The molecule has 0 N–H and O–H groups in total. The summed E-state index contributed by atoms with van der Waals surface area (Å²) in [6.45, 7) is 1.52. The van der Waals surface area contributed by atoms with Gasteiger partial charge in [-0.15, -0.1) is 0 Å². The van der Waals surface area contributed by atoms with Gasteiger partial charge in [0.25, 0.3) is 11.6 Å². The number of amides is 1. The summed E-state index contributed by atoms with van der Waals surface area (Å²) in [7, 11) is 1.40. The minimum atomic E-state index is -0.782. The first-order chi connectivity index (χ1) is 12.7. The van der Waals surface area contributed by atoms with Crippen LogP contribution in [0.5, 0.6) is 0 Å². The molecule has 0 spiro atoms. The lowest BCUT2D eigenvalue weighted by atomic mass is 10.1. The Kier molecular flexibility index (Phi) is 6.46. The third-order valence-corrected chi connectivity index (χ3v) is 4.04. The zero-order valence-electron chi connectivity index (χ0n) is 14.6. The topological polar surface area (TPSA) is 89.8 Å². The van der Waals surface area contributed by atoms with E-state index in [1.165, 1.54) is 31.3 Å². The van der Waals surface area contributed by atoms with E-state index in [0.717, 1.165) is 17.0 Å². The maximum atomic E-state index is 13.9. The molecule has 0 unspecified atom stereocenters. The van der Waals surface area contributed by atoms with Crippen LogP contribution in [0.25, 0.3) is 0 Å². The van der Waals surface area contributed by atoms with E-state index in [-0.39, 0.29) is 34.9 Å². The highest BCUT2D eigenvalue weighted by Gasteiger charge is 2.22. The zero-order chi connectivity index (χ0) is 20.1. The van der Waals surface area contributed by atoms with Crippen molar-refractivity contribution in [3.8, 4) is 0 Å². The second-order valence-electron chi connectivity index (χ2n) is 5.61. The number of carbonyl (C=O) groups excluding carboxylic acids is 2. The molecule has 0 fully saturated rings. The first kappa shape index (κ1) is 20.3. The normalized spacial score (nSPS) is 10.4. The largest absolute Gasteiger partial charge is 0.462 e. The fourth-order valence-corrected chi connectivity index (χ4v) is 2.61. The van der Waals surface area contributed by atoms with E-state index in [1.54, 1.807) is 6.92 Å². The summed E-state index contributed by atoms with van der Waals surface area (Å²) < 4.78 is 18.8. The van der Waals surface area contributed by atoms with Gasteiger partial charge in [0.1, 0.15) is 5.82 Å². The summed E-state index contributed by atoms with van der Waals surface area (Å²) in [5.41, 5.74) is -0.527. The van der Waals surface area contributed by atoms with Gasteiger partial charge >= 0.3 is 5.97 Å². The zero-order valence-corrected chi connectivity index (χ0v) is 15.3. The molecule has 0 aliphatic heterocycles. The number of nitro benzene ring substituents is 1. The van der Waals surface area contributed by atoms with Crippen LogP contribution >= 0.6 is 11.6 Å². The summed E-state index contributed by atoms with van der Waals surface area (Å²) in [4.78, 5) is 36.1. The fraction of sp³-hybridized carbons (Fsp3) is 0.222. The van der Waals surface area contributed by atoms with Gasteiger partial charge in [-0.25, -0.2) is 9.18 Å². The van der Waals surface area contributed by atoms with E-state index < -0.39 is 28.3 Å². The molecule has 0 aliphatic carbocycles. The first-order valence-electron chi connectivity index (χ1n) is 7.89. The van der Waals surface area contributed by atoms with Crippen LogP contribution in [0.15, 0.2) is 36.4 Å². The van der Waals surface area contributed by atoms with Crippen LogP contribution in [-0.2, 0) is 11.3 Å². The van der Waals surface area contributed by atoms with Crippen molar-refractivity contribution < 1.29 is 23.6 Å². The molecule has 0 bridgehead atoms. The Bertz CT molecular complexity index is 883. The van der Waals surface area contributed by atoms with Gasteiger partial charge in [-0.3, -0.25) is 14.9 Å². The Hall–Kier alpha value is -3.00. The minimum absolute atomic E-state index is 0.0799. The third-order valence-electron chi connectivity index (χ3n) is 3.69. The van der Waals surface area contributed by atoms with Gasteiger partial charge in [0.05, 0.1) is 17.1 Å². The molecule has 2 rings (SSSR count). The molecule has 0 aromatic heterocycles. The summed E-state index contributed by atoms with van der Waals surface area (Å²) in [6, 6.07) is 7.42. The van der Waals surface area contributed by atoms with Gasteiger partial charge in [-0.1, -0.05) is 17.7 Å². The Balaban J connectivity index is 2.36. The van der Waals surface area contributed by atoms with Crippen molar-refractivity contribution in [2.24, 2.45) is 0 Å². The highest BCUT2D eigenvalue weighted by atomic mass is 35.5. The second kappa shape index (κ2) is 8.59. The lowest BCUT2D eigenvalue weighted by Gasteiger charge is -2.19. The number of carbonyl (C=O) groups is 2. The number of nitro groups is 1. The summed E-state index contributed by atoms with van der Waals surface area (Å²) in [5, 5.41) is 11.3. The molecule has 0 saturated carbocycles. The lowest BCUT2D eigenvalue weighted by Crippen LogP contribution is -2.27. The minimum Gasteiger partial charge on any atom is -0.462 e. The summed E-state index contributed by atoms with van der Waals surface area (Å²) >= 11 is 5.96. The molecule has 0 radical (unpaired) electrons. The van der Waals surface area contributed by atoms with Crippen LogP contribution < -0.4 is 0 Å². The van der Waals surface area contributed by atoms with Crippen molar-refractivity contribution in [2.45, 2.75) is 13.5 Å². The monoisotopic (exact) mass is 394 g/mol. The molecule has 0 aliphatic rings. The van der Waals surface area contributed by atoms with Crippen LogP contribution in [0.1, 0.15) is 33.2 Å². The number of ether oxygens (including phenoxy) is 1. The number of esters is 1. The van der Waals surface area contributed by atoms with Crippen molar-refractivity contribution in [1.29, 1.82) is 0 Å². The number of benzene rings is 2. The van der Waals surface area contributed by atoms with Crippen LogP contribution in [0.2, 0.25) is 5.02 Å². The number of hydrogen-bond donors (Lipinski definition) is 0. The highest BCUT2D eigenvalue weighted by molar-refractivity contribution is 6.31. The maximum Gasteiger partial charge on any atom is 0.338 e. The summed E-state index contributed by atoms with van der Waals surface area (Å²) in [5.74, 6) is -1.99. The number of rotatable bonds is 6. The average Bonchev–Trinajstić information content (AvgIpc) is 2.63. The Morgan fingerprint density at radius 2 is 1.93 bits per heavy atom. The molecule has 0 atom stereocenters. The molecule has 1 amide bonds. The Morgan fingerprint density at radius 1 is 1.26 bits per heavy atom. The van der Waals surface area contributed by atoms with E-state index in [1.807, 2.05) is 0 Å². The predicted molar refractivity (Wildman–Crippen MR) is 96.3 cm³/mol. The van der Waals surface area contributed by atoms with E-state index in [4.69, 9.17) is 16.3 Å².